The van der Waals surface area contributed by atoms with Gasteiger partial charge in [0.15, 0.2) is 5.11 Å². The molecule has 0 spiro atoms. The number of allylic oxidation sites excluding steroid dienone is 1. The summed E-state index contributed by atoms with van der Waals surface area (Å²) >= 11 is 5.59. The molecular formula is C24H24F3N3O3S. The number of alkyl halides is 2. The van der Waals surface area contributed by atoms with Crippen molar-refractivity contribution in [2.75, 3.05) is 31.2 Å². The van der Waals surface area contributed by atoms with Crippen molar-refractivity contribution < 1.29 is 27.4 Å². The molecule has 2 aliphatic rings. The second-order valence-electron chi connectivity index (χ2n) is 7.97. The number of nitrogens with zero attached hydrogens (tertiary/aromatic N) is 2. The Labute approximate surface area is 200 Å². The number of morpholine rings is 1. The molecule has 0 aromatic heterocycles. The molecule has 1 atom stereocenters. The number of nitrogens with one attached hydrogen (secondary N) is 1. The first-order valence-electron chi connectivity index (χ1n) is 10.8. The van der Waals surface area contributed by atoms with Gasteiger partial charge in [0.05, 0.1) is 30.5 Å². The number of para-hydroxylation sites is 1. The lowest BCUT2D eigenvalue weighted by atomic mass is 9.92. The lowest BCUT2D eigenvalue weighted by Gasteiger charge is -2.40. The van der Waals surface area contributed by atoms with Gasteiger partial charge in [0, 0.05) is 24.4 Å². The molecule has 1 unspecified atom stereocenters. The molecule has 0 aliphatic carbocycles. The van der Waals surface area contributed by atoms with E-state index in [1.165, 1.54) is 12.1 Å². The first-order valence-corrected chi connectivity index (χ1v) is 11.2. The normalized spacial score (nSPS) is 18.9. The van der Waals surface area contributed by atoms with Crippen LogP contribution in [-0.2, 0) is 9.53 Å². The van der Waals surface area contributed by atoms with Crippen molar-refractivity contribution in [1.82, 2.24) is 10.2 Å². The largest absolute Gasteiger partial charge is 0.434 e. The second-order valence-corrected chi connectivity index (χ2v) is 8.36. The first-order chi connectivity index (χ1) is 16.3. The van der Waals surface area contributed by atoms with E-state index in [0.717, 1.165) is 0 Å². The summed E-state index contributed by atoms with van der Waals surface area (Å²) < 4.78 is 50.7. The van der Waals surface area contributed by atoms with Crippen LogP contribution in [0.4, 0.5) is 18.9 Å². The molecule has 180 valence electrons. The average Bonchev–Trinajstić information content (AvgIpc) is 2.81. The van der Waals surface area contributed by atoms with E-state index >= 15 is 0 Å². The van der Waals surface area contributed by atoms with E-state index in [-0.39, 0.29) is 16.8 Å². The SMILES string of the molecule is CC1=C(C(=O)N2CCOCC2)C(c2ccccc2OC(F)F)NC(=S)N1c1ccc(C)c(F)c1. The van der Waals surface area contributed by atoms with Gasteiger partial charge in [0.25, 0.3) is 5.91 Å². The zero-order valence-corrected chi connectivity index (χ0v) is 19.5. The van der Waals surface area contributed by atoms with Gasteiger partial charge in [-0.3, -0.25) is 9.69 Å². The fraction of sp³-hybridized carbons (Fsp3) is 0.333. The van der Waals surface area contributed by atoms with Gasteiger partial charge in [-0.25, -0.2) is 4.39 Å². The standard InChI is InChI=1S/C24H24F3N3O3S/c1-14-7-8-16(13-18(14)25)30-15(2)20(22(31)29-9-11-32-12-10-29)21(28-24(30)34)17-5-3-4-6-19(17)33-23(26)27/h3-8,13,21,23H,9-12H2,1-2H3,(H,28,34). The van der Waals surface area contributed by atoms with Crippen molar-refractivity contribution in [3.8, 4) is 5.75 Å². The van der Waals surface area contributed by atoms with Crippen molar-refractivity contribution in [2.45, 2.75) is 26.5 Å². The van der Waals surface area contributed by atoms with Crippen LogP contribution >= 0.6 is 12.2 Å². The van der Waals surface area contributed by atoms with Gasteiger partial charge in [-0.2, -0.15) is 8.78 Å². The maximum absolute atomic E-state index is 14.4. The number of thiocarbonyl (C=S) groups is 1. The Morgan fingerprint density at radius 2 is 1.88 bits per heavy atom. The number of hydrogen-bond donors (Lipinski definition) is 1. The van der Waals surface area contributed by atoms with Crippen LogP contribution < -0.4 is 15.0 Å². The number of rotatable bonds is 5. The van der Waals surface area contributed by atoms with Crippen LogP contribution in [0.1, 0.15) is 24.1 Å². The number of carbonyl (C=O) groups is 1. The zero-order valence-electron chi connectivity index (χ0n) is 18.7. The third-order valence-electron chi connectivity index (χ3n) is 5.87. The molecule has 10 heteroatoms. The highest BCUT2D eigenvalue weighted by molar-refractivity contribution is 7.80. The quantitative estimate of drug-likeness (QED) is 0.630. The molecule has 0 saturated carbocycles. The third kappa shape index (κ3) is 4.74. The van der Waals surface area contributed by atoms with E-state index in [1.807, 2.05) is 0 Å². The number of amides is 1. The summed E-state index contributed by atoms with van der Waals surface area (Å²) in [5.41, 5.74) is 2.04. The predicted molar refractivity (Wildman–Crippen MR) is 125 cm³/mol. The maximum Gasteiger partial charge on any atom is 0.387 e. The van der Waals surface area contributed by atoms with Crippen molar-refractivity contribution in [3.63, 3.8) is 0 Å². The first kappa shape index (κ1) is 24.0. The van der Waals surface area contributed by atoms with Gasteiger partial charge in [-0.15, -0.1) is 0 Å². The number of benzene rings is 2. The molecule has 6 nitrogen and oxygen atoms in total. The minimum absolute atomic E-state index is 0.0623. The molecule has 2 aliphatic heterocycles. The summed E-state index contributed by atoms with van der Waals surface area (Å²) in [4.78, 5) is 17.0. The number of hydrogen-bond acceptors (Lipinski definition) is 4. The topological polar surface area (TPSA) is 54.0 Å². The Kier molecular flexibility index (Phi) is 7.08. The van der Waals surface area contributed by atoms with E-state index in [0.29, 0.717) is 54.4 Å². The highest BCUT2D eigenvalue weighted by atomic mass is 32.1. The molecule has 1 fully saturated rings. The number of carbonyl (C=O) groups excluding carboxylic acids is 1. The highest BCUT2D eigenvalue weighted by Crippen LogP contribution is 2.38. The fourth-order valence-corrected chi connectivity index (χ4v) is 4.50. The van der Waals surface area contributed by atoms with Crippen molar-refractivity contribution in [1.29, 1.82) is 0 Å². The minimum Gasteiger partial charge on any atom is -0.434 e. The van der Waals surface area contributed by atoms with Gasteiger partial charge in [-0.05, 0) is 49.8 Å². The Bertz CT molecular complexity index is 1140. The van der Waals surface area contributed by atoms with E-state index in [2.05, 4.69) is 5.32 Å². The van der Waals surface area contributed by atoms with Gasteiger partial charge < -0.3 is 19.7 Å². The van der Waals surface area contributed by atoms with E-state index in [4.69, 9.17) is 21.7 Å². The van der Waals surface area contributed by atoms with E-state index in [1.54, 1.807) is 54.0 Å². The van der Waals surface area contributed by atoms with Crippen LogP contribution in [0.5, 0.6) is 5.75 Å². The summed E-state index contributed by atoms with van der Waals surface area (Å²) in [5, 5.41) is 3.31. The van der Waals surface area contributed by atoms with Crippen LogP contribution in [0.25, 0.3) is 0 Å². The lowest BCUT2D eigenvalue weighted by Crippen LogP contribution is -2.51. The third-order valence-corrected chi connectivity index (χ3v) is 6.17. The molecule has 2 heterocycles. The van der Waals surface area contributed by atoms with Crippen LogP contribution in [0.3, 0.4) is 0 Å². The number of ether oxygens (including phenoxy) is 2. The van der Waals surface area contributed by atoms with Crippen LogP contribution in [0.15, 0.2) is 53.7 Å². The molecule has 0 radical (unpaired) electrons. The van der Waals surface area contributed by atoms with Crippen LogP contribution in [-0.4, -0.2) is 48.8 Å². The predicted octanol–water partition coefficient (Wildman–Crippen LogP) is 4.30. The summed E-state index contributed by atoms with van der Waals surface area (Å²) in [6.45, 7) is 1.90. The summed E-state index contributed by atoms with van der Waals surface area (Å²) in [5.74, 6) is -0.759. The molecule has 4 rings (SSSR count). The zero-order chi connectivity index (χ0) is 24.4. The Hall–Kier alpha value is -3.11. The van der Waals surface area contributed by atoms with Gasteiger partial charge in [0.1, 0.15) is 11.6 Å². The van der Waals surface area contributed by atoms with E-state index < -0.39 is 18.5 Å². The van der Waals surface area contributed by atoms with Crippen molar-refractivity contribution in [2.24, 2.45) is 0 Å². The van der Waals surface area contributed by atoms with Gasteiger partial charge >= 0.3 is 6.61 Å². The summed E-state index contributed by atoms with van der Waals surface area (Å²) in [6, 6.07) is 10.1. The molecule has 34 heavy (non-hydrogen) atoms. The Morgan fingerprint density at radius 1 is 1.18 bits per heavy atom. The molecular weight excluding hydrogens is 467 g/mol. The van der Waals surface area contributed by atoms with Crippen LogP contribution in [0.2, 0.25) is 0 Å². The van der Waals surface area contributed by atoms with Gasteiger partial charge in [0.2, 0.25) is 0 Å². The maximum atomic E-state index is 14.4. The lowest BCUT2D eigenvalue weighted by molar-refractivity contribution is -0.131. The van der Waals surface area contributed by atoms with Crippen molar-refractivity contribution >= 4 is 28.9 Å². The van der Waals surface area contributed by atoms with Crippen molar-refractivity contribution in [3.05, 3.63) is 70.7 Å². The Balaban J connectivity index is 1.85. The molecule has 0 bridgehead atoms. The summed E-state index contributed by atoms with van der Waals surface area (Å²) in [7, 11) is 0. The molecule has 1 saturated heterocycles. The average molecular weight is 492 g/mol. The molecule has 2 aromatic carbocycles. The monoisotopic (exact) mass is 491 g/mol. The molecule has 2 aromatic rings. The van der Waals surface area contributed by atoms with Crippen LogP contribution in [0, 0.1) is 12.7 Å². The number of halogens is 3. The number of anilines is 1. The summed E-state index contributed by atoms with van der Waals surface area (Å²) in [6.07, 6.45) is 0. The fourth-order valence-electron chi connectivity index (χ4n) is 4.14. The Morgan fingerprint density at radius 3 is 2.56 bits per heavy atom. The molecule has 1 amide bonds. The second kappa shape index (κ2) is 10.0. The number of aryl methyl sites for hydroxylation is 1. The van der Waals surface area contributed by atoms with E-state index in [9.17, 15) is 18.0 Å². The minimum atomic E-state index is -3.04. The van der Waals surface area contributed by atoms with Gasteiger partial charge in [-0.1, -0.05) is 24.3 Å². The highest BCUT2D eigenvalue weighted by Gasteiger charge is 2.38. The molecule has 1 N–H and O–H groups in total. The smallest absolute Gasteiger partial charge is 0.387 e.